The van der Waals surface area contributed by atoms with Gasteiger partial charge in [0.2, 0.25) is 0 Å². The van der Waals surface area contributed by atoms with Gasteiger partial charge in [-0.2, -0.15) is 0 Å². The molecule has 1 N–H and O–H groups in total. The Morgan fingerprint density at radius 1 is 1.36 bits per heavy atom. The van der Waals surface area contributed by atoms with E-state index in [1.54, 1.807) is 12.1 Å². The number of benzene rings is 1. The summed E-state index contributed by atoms with van der Waals surface area (Å²) in [6, 6.07) is 7.31. The van der Waals surface area contributed by atoms with Crippen LogP contribution in [0.25, 0.3) is 0 Å². The first-order valence-electron chi connectivity index (χ1n) is 3.11. The Hall–Kier alpha value is 0.193. The minimum absolute atomic E-state index is 0. The third kappa shape index (κ3) is 4.60. The summed E-state index contributed by atoms with van der Waals surface area (Å²) in [6.07, 6.45) is 0.981. The number of hydrogen-bond donors (Lipinski definition) is 1. The monoisotopic (exact) mass is 248 g/mol. The fourth-order valence-corrected chi connectivity index (χ4v) is 0.776. The molecule has 60 valence electrons. The van der Waals surface area contributed by atoms with E-state index >= 15 is 0 Å². The van der Waals surface area contributed by atoms with Gasteiger partial charge in [-0.3, -0.25) is 0 Å². The predicted molar refractivity (Wildman–Crippen MR) is 44.7 cm³/mol. The van der Waals surface area contributed by atoms with Crippen LogP contribution < -0.4 is 0 Å². The molecule has 0 aliphatic rings. The van der Waals surface area contributed by atoms with E-state index in [1.807, 2.05) is 12.1 Å². The fourth-order valence-electron chi connectivity index (χ4n) is 0.776. The Labute approximate surface area is 92.4 Å². The number of halogens is 1. The van der Waals surface area contributed by atoms with Gasteiger partial charge in [-0.25, -0.2) is 0 Å². The molecule has 0 aliphatic carbocycles. The molecule has 1 nitrogen and oxygen atoms in total. The molecule has 1 aromatic carbocycles. The summed E-state index contributed by atoms with van der Waals surface area (Å²) in [4.78, 5) is 0. The molecule has 0 aromatic heterocycles. The molecule has 0 aliphatic heterocycles. The smallest absolute Gasteiger partial charge is 0.115 e. The molecule has 0 atom stereocenters. The number of aryl methyl sites for hydroxylation is 1. The zero-order valence-corrected chi connectivity index (χ0v) is 9.65. The second-order valence-corrected chi connectivity index (χ2v) is 2.02. The van der Waals surface area contributed by atoms with Crippen LogP contribution >= 0.6 is 12.4 Å². The average molecular weight is 250 g/mol. The van der Waals surface area contributed by atoms with E-state index in [0.717, 1.165) is 6.42 Å². The Kier molecular flexibility index (Phi) is 8.60. The molecule has 0 amide bonds. The van der Waals surface area contributed by atoms with Gasteiger partial charge in [0, 0.05) is 26.2 Å². The summed E-state index contributed by atoms with van der Waals surface area (Å²) in [5.74, 6) is 0.356. The molecule has 0 fully saturated rings. The zero-order chi connectivity index (χ0) is 6.69. The van der Waals surface area contributed by atoms with E-state index in [9.17, 15) is 0 Å². The van der Waals surface area contributed by atoms with Gasteiger partial charge in [0.25, 0.3) is 0 Å². The topological polar surface area (TPSA) is 20.2 Å². The molecule has 0 unspecified atom stereocenters. The van der Waals surface area contributed by atoms with Gasteiger partial charge in [0.1, 0.15) is 5.75 Å². The maximum Gasteiger partial charge on any atom is 0.115 e. The van der Waals surface area contributed by atoms with Crippen molar-refractivity contribution in [1.82, 2.24) is 0 Å². The van der Waals surface area contributed by atoms with Gasteiger partial charge in [-0.1, -0.05) is 19.1 Å². The second-order valence-electron chi connectivity index (χ2n) is 2.02. The summed E-state index contributed by atoms with van der Waals surface area (Å²) in [7, 11) is 0. The molecule has 11 heavy (non-hydrogen) atoms. The summed E-state index contributed by atoms with van der Waals surface area (Å²) in [5, 5.41) is 8.94. The standard InChI is InChI=1S/C8H10O.ClH.Zr/c1-2-7-4-3-5-8(9)6-7;;/h3-6,9H,2H2,1H3;1H;. The first-order chi connectivity index (χ1) is 4.33. The van der Waals surface area contributed by atoms with Gasteiger partial charge in [-0.15, -0.1) is 12.4 Å². The summed E-state index contributed by atoms with van der Waals surface area (Å²) in [5.41, 5.74) is 1.18. The van der Waals surface area contributed by atoms with Crippen molar-refractivity contribution in [2.45, 2.75) is 13.3 Å². The van der Waals surface area contributed by atoms with Crippen LogP contribution in [0.15, 0.2) is 24.3 Å². The van der Waals surface area contributed by atoms with Crippen molar-refractivity contribution in [3.8, 4) is 5.75 Å². The first-order valence-corrected chi connectivity index (χ1v) is 3.11. The molecular weight excluding hydrogens is 239 g/mol. The molecule has 0 radical (unpaired) electrons. The van der Waals surface area contributed by atoms with Crippen LogP contribution in [0.1, 0.15) is 12.5 Å². The van der Waals surface area contributed by atoms with Crippen molar-refractivity contribution in [3.05, 3.63) is 29.8 Å². The molecular formula is C8H11ClOZr. The minimum atomic E-state index is 0. The van der Waals surface area contributed by atoms with Crippen molar-refractivity contribution in [1.29, 1.82) is 0 Å². The first kappa shape index (κ1) is 13.8. The van der Waals surface area contributed by atoms with Gasteiger partial charge in [0.15, 0.2) is 0 Å². The van der Waals surface area contributed by atoms with Crippen LogP contribution in [-0.2, 0) is 32.6 Å². The summed E-state index contributed by atoms with van der Waals surface area (Å²) in [6.45, 7) is 2.06. The second kappa shape index (κ2) is 6.88. The van der Waals surface area contributed by atoms with Crippen LogP contribution in [0.2, 0.25) is 0 Å². The van der Waals surface area contributed by atoms with Gasteiger partial charge < -0.3 is 5.11 Å². The van der Waals surface area contributed by atoms with Gasteiger partial charge >= 0.3 is 0 Å². The SMILES string of the molecule is CCc1cccc(O)c1.Cl.[Zr]. The molecule has 1 rings (SSSR count). The van der Waals surface area contributed by atoms with E-state index < -0.39 is 0 Å². The molecule has 0 heterocycles. The van der Waals surface area contributed by atoms with Gasteiger partial charge in [0.05, 0.1) is 0 Å². The van der Waals surface area contributed by atoms with E-state index in [1.165, 1.54) is 5.56 Å². The van der Waals surface area contributed by atoms with Crippen LogP contribution in [0, 0.1) is 0 Å². The number of phenols is 1. The summed E-state index contributed by atoms with van der Waals surface area (Å²) >= 11 is 0. The Balaban J connectivity index is 0. The van der Waals surface area contributed by atoms with Crippen LogP contribution in [-0.4, -0.2) is 5.11 Å². The largest absolute Gasteiger partial charge is 0.508 e. The molecule has 0 saturated heterocycles. The molecule has 3 heteroatoms. The minimum Gasteiger partial charge on any atom is -0.508 e. The normalized spacial score (nSPS) is 7.73. The fraction of sp³-hybridized carbons (Fsp3) is 0.250. The van der Waals surface area contributed by atoms with Crippen LogP contribution in [0.4, 0.5) is 0 Å². The maximum atomic E-state index is 8.94. The van der Waals surface area contributed by atoms with Crippen molar-refractivity contribution in [2.75, 3.05) is 0 Å². The maximum absolute atomic E-state index is 8.94. The van der Waals surface area contributed by atoms with Crippen molar-refractivity contribution in [3.63, 3.8) is 0 Å². The van der Waals surface area contributed by atoms with E-state index in [4.69, 9.17) is 5.11 Å². The predicted octanol–water partition coefficient (Wildman–Crippen LogP) is 2.37. The number of aromatic hydroxyl groups is 1. The third-order valence-electron chi connectivity index (χ3n) is 1.32. The molecule has 0 saturated carbocycles. The van der Waals surface area contributed by atoms with Crippen LogP contribution in [0.3, 0.4) is 0 Å². The Morgan fingerprint density at radius 2 is 2.00 bits per heavy atom. The zero-order valence-electron chi connectivity index (χ0n) is 6.37. The third-order valence-corrected chi connectivity index (χ3v) is 1.32. The van der Waals surface area contributed by atoms with Crippen molar-refractivity contribution >= 4 is 12.4 Å². The number of phenolic OH excluding ortho intramolecular Hbond substituents is 1. The molecule has 0 spiro atoms. The van der Waals surface area contributed by atoms with Crippen LogP contribution in [0.5, 0.6) is 5.75 Å². The van der Waals surface area contributed by atoms with Crippen molar-refractivity contribution < 1.29 is 31.3 Å². The van der Waals surface area contributed by atoms with E-state index in [0.29, 0.717) is 5.75 Å². The van der Waals surface area contributed by atoms with Crippen molar-refractivity contribution in [2.24, 2.45) is 0 Å². The summed E-state index contributed by atoms with van der Waals surface area (Å²) < 4.78 is 0. The van der Waals surface area contributed by atoms with Gasteiger partial charge in [-0.05, 0) is 24.1 Å². The molecule has 0 bridgehead atoms. The molecule has 1 aromatic rings. The number of hydrogen-bond acceptors (Lipinski definition) is 1. The Bertz CT molecular complexity index is 203. The average Bonchev–Trinajstić information content (AvgIpc) is 1.88. The van der Waals surface area contributed by atoms with E-state index in [2.05, 4.69) is 6.92 Å². The Morgan fingerprint density at radius 3 is 2.36 bits per heavy atom. The quantitative estimate of drug-likeness (QED) is 0.811. The van der Waals surface area contributed by atoms with E-state index in [-0.39, 0.29) is 38.6 Å². The number of rotatable bonds is 1.